The number of carboxylic acids is 1. The number of thiazole rings is 1. The molecular weight excluding hydrogens is 328 g/mol. The second-order valence-corrected chi connectivity index (χ2v) is 7.37. The van der Waals surface area contributed by atoms with E-state index in [4.69, 9.17) is 4.42 Å². The Morgan fingerprint density at radius 2 is 2.04 bits per heavy atom. The second-order valence-electron chi connectivity index (χ2n) is 6.16. The average molecular weight is 348 g/mol. The van der Waals surface area contributed by atoms with Crippen LogP contribution < -0.4 is 0 Å². The lowest BCUT2D eigenvalue weighted by Gasteiger charge is -2.40. The molecule has 1 fully saturated rings. The van der Waals surface area contributed by atoms with Gasteiger partial charge in [-0.2, -0.15) is 0 Å². The van der Waals surface area contributed by atoms with Gasteiger partial charge >= 0.3 is 5.97 Å². The van der Waals surface area contributed by atoms with Crippen molar-refractivity contribution >= 4 is 23.2 Å². The first-order valence-corrected chi connectivity index (χ1v) is 8.80. The molecule has 0 aromatic carbocycles. The van der Waals surface area contributed by atoms with Crippen LogP contribution in [0.15, 0.2) is 22.8 Å². The zero-order valence-electron chi connectivity index (χ0n) is 13.7. The number of aromatic nitrogens is 1. The number of hydrogen-bond donors (Lipinski definition) is 1. The van der Waals surface area contributed by atoms with Gasteiger partial charge in [-0.05, 0) is 31.9 Å². The second kappa shape index (κ2) is 6.39. The number of carbonyl (C=O) groups is 2. The Balaban J connectivity index is 1.92. The van der Waals surface area contributed by atoms with Crippen molar-refractivity contribution in [3.05, 3.63) is 29.0 Å². The Hall–Kier alpha value is -2.15. The summed E-state index contributed by atoms with van der Waals surface area (Å²) in [4.78, 5) is 31.4. The Kier molecular flexibility index (Phi) is 4.45. The summed E-state index contributed by atoms with van der Waals surface area (Å²) in [5.41, 5.74) is -0.823. The maximum atomic E-state index is 12.9. The van der Waals surface area contributed by atoms with Crippen LogP contribution in [0.5, 0.6) is 0 Å². The van der Waals surface area contributed by atoms with Crippen LogP contribution in [0.3, 0.4) is 0 Å². The molecule has 0 aliphatic heterocycles. The summed E-state index contributed by atoms with van der Waals surface area (Å²) in [5, 5.41) is 10.4. The molecule has 24 heavy (non-hydrogen) atoms. The first-order valence-electron chi connectivity index (χ1n) is 7.98. The number of carboxylic acid groups (broad SMARTS) is 1. The minimum Gasteiger partial charge on any atom is -0.479 e. The number of amides is 1. The van der Waals surface area contributed by atoms with Gasteiger partial charge in [-0.15, -0.1) is 11.3 Å². The van der Waals surface area contributed by atoms with Crippen LogP contribution in [0.1, 0.15) is 47.5 Å². The van der Waals surface area contributed by atoms with Gasteiger partial charge in [0, 0.05) is 11.9 Å². The molecule has 0 spiro atoms. The molecule has 2 aromatic heterocycles. The van der Waals surface area contributed by atoms with Crippen LogP contribution >= 0.6 is 11.3 Å². The van der Waals surface area contributed by atoms with Crippen LogP contribution in [0.25, 0.3) is 10.8 Å². The molecule has 1 aliphatic carbocycles. The minimum atomic E-state index is -1.13. The molecule has 0 atom stereocenters. The zero-order valence-corrected chi connectivity index (χ0v) is 14.6. The lowest BCUT2D eigenvalue weighted by Crippen LogP contribution is -2.56. The van der Waals surface area contributed by atoms with Crippen LogP contribution in [0.4, 0.5) is 0 Å². The van der Waals surface area contributed by atoms with Gasteiger partial charge in [0.2, 0.25) is 0 Å². The molecule has 0 radical (unpaired) electrons. The number of aryl methyl sites for hydroxylation is 1. The van der Waals surface area contributed by atoms with Crippen molar-refractivity contribution in [3.8, 4) is 10.8 Å². The Bertz CT molecular complexity index is 745. The smallest absolute Gasteiger partial charge is 0.329 e. The standard InChI is InChI=1S/C17H20N2O4S/c1-11-13(18-14(24-11)12-7-6-10-23-12)15(20)19(2)17(16(21)22)8-4-3-5-9-17/h6-7,10H,3-5,8-9H2,1-2H3,(H,21,22). The molecule has 128 valence electrons. The summed E-state index contributed by atoms with van der Waals surface area (Å²) < 4.78 is 5.33. The van der Waals surface area contributed by atoms with Gasteiger partial charge in [0.25, 0.3) is 5.91 Å². The molecule has 0 bridgehead atoms. The third-order valence-electron chi connectivity index (χ3n) is 4.76. The molecular formula is C17H20N2O4S. The van der Waals surface area contributed by atoms with Crippen molar-refractivity contribution < 1.29 is 19.1 Å². The van der Waals surface area contributed by atoms with E-state index >= 15 is 0 Å². The van der Waals surface area contributed by atoms with Crippen molar-refractivity contribution in [1.29, 1.82) is 0 Å². The van der Waals surface area contributed by atoms with Gasteiger partial charge in [0.15, 0.2) is 10.8 Å². The van der Waals surface area contributed by atoms with E-state index in [1.807, 2.05) is 6.92 Å². The summed E-state index contributed by atoms with van der Waals surface area (Å²) in [6, 6.07) is 3.55. The Morgan fingerprint density at radius 1 is 1.33 bits per heavy atom. The number of furan rings is 1. The highest BCUT2D eigenvalue weighted by Gasteiger charge is 2.46. The van der Waals surface area contributed by atoms with Crippen molar-refractivity contribution in [1.82, 2.24) is 9.88 Å². The minimum absolute atomic E-state index is 0.306. The van der Waals surface area contributed by atoms with E-state index in [1.165, 1.54) is 16.2 Å². The molecule has 1 aliphatic rings. The van der Waals surface area contributed by atoms with Crippen LogP contribution in [0, 0.1) is 6.92 Å². The molecule has 1 amide bonds. The maximum absolute atomic E-state index is 12.9. The molecule has 2 heterocycles. The number of nitrogens with zero attached hydrogens (tertiary/aromatic N) is 2. The Labute approximate surface area is 144 Å². The maximum Gasteiger partial charge on any atom is 0.329 e. The van der Waals surface area contributed by atoms with E-state index in [2.05, 4.69) is 4.98 Å². The fourth-order valence-corrected chi connectivity index (χ4v) is 4.16. The first kappa shape index (κ1) is 16.7. The fourth-order valence-electron chi connectivity index (χ4n) is 3.28. The number of hydrogen-bond acceptors (Lipinski definition) is 5. The molecule has 1 N–H and O–H groups in total. The van der Waals surface area contributed by atoms with Crippen molar-refractivity contribution in [2.24, 2.45) is 0 Å². The lowest BCUT2D eigenvalue weighted by molar-refractivity contribution is -0.151. The van der Waals surface area contributed by atoms with E-state index < -0.39 is 11.5 Å². The summed E-state index contributed by atoms with van der Waals surface area (Å²) in [7, 11) is 1.58. The fraction of sp³-hybridized carbons (Fsp3) is 0.471. The first-order chi connectivity index (χ1) is 11.5. The van der Waals surface area contributed by atoms with Crippen molar-refractivity contribution in [2.45, 2.75) is 44.6 Å². The van der Waals surface area contributed by atoms with Crippen molar-refractivity contribution in [3.63, 3.8) is 0 Å². The van der Waals surface area contributed by atoms with E-state index in [9.17, 15) is 14.7 Å². The van der Waals surface area contributed by atoms with Crippen LogP contribution in [-0.4, -0.2) is 39.5 Å². The molecule has 3 rings (SSSR count). The number of carbonyl (C=O) groups excluding carboxylic acids is 1. The van der Waals surface area contributed by atoms with Crippen LogP contribution in [0.2, 0.25) is 0 Å². The summed E-state index contributed by atoms with van der Waals surface area (Å²) >= 11 is 1.37. The summed E-state index contributed by atoms with van der Waals surface area (Å²) in [6.07, 6.45) is 5.17. The predicted molar refractivity (Wildman–Crippen MR) is 90.1 cm³/mol. The largest absolute Gasteiger partial charge is 0.479 e. The van der Waals surface area contributed by atoms with Gasteiger partial charge < -0.3 is 14.4 Å². The van der Waals surface area contributed by atoms with E-state index in [0.717, 1.165) is 24.1 Å². The predicted octanol–water partition coefficient (Wildman–Crippen LogP) is 3.57. The molecule has 2 aromatic rings. The zero-order chi connectivity index (χ0) is 17.3. The van der Waals surface area contributed by atoms with Gasteiger partial charge in [0.1, 0.15) is 11.2 Å². The highest BCUT2D eigenvalue weighted by atomic mass is 32.1. The highest BCUT2D eigenvalue weighted by Crippen LogP contribution is 2.35. The van der Waals surface area contributed by atoms with E-state index in [1.54, 1.807) is 25.4 Å². The normalized spacial score (nSPS) is 16.8. The molecule has 7 heteroatoms. The lowest BCUT2D eigenvalue weighted by atomic mass is 9.80. The summed E-state index contributed by atoms with van der Waals surface area (Å²) in [6.45, 7) is 1.82. The van der Waals surface area contributed by atoms with Gasteiger partial charge in [-0.1, -0.05) is 19.3 Å². The van der Waals surface area contributed by atoms with Gasteiger partial charge in [-0.25, -0.2) is 9.78 Å². The topological polar surface area (TPSA) is 83.6 Å². The van der Waals surface area contributed by atoms with Gasteiger partial charge in [-0.3, -0.25) is 4.79 Å². The van der Waals surface area contributed by atoms with Gasteiger partial charge in [0.05, 0.1) is 6.26 Å². The number of likely N-dealkylation sites (N-methyl/N-ethyl adjacent to an activating group) is 1. The monoisotopic (exact) mass is 348 g/mol. The van der Waals surface area contributed by atoms with E-state index in [0.29, 0.717) is 29.3 Å². The third kappa shape index (κ3) is 2.73. The molecule has 0 saturated heterocycles. The average Bonchev–Trinajstić information content (AvgIpc) is 3.23. The molecule has 0 unspecified atom stereocenters. The van der Waals surface area contributed by atoms with Crippen LogP contribution in [-0.2, 0) is 4.79 Å². The molecule has 6 nitrogen and oxygen atoms in total. The van der Waals surface area contributed by atoms with E-state index in [-0.39, 0.29) is 5.91 Å². The summed E-state index contributed by atoms with van der Waals surface area (Å²) in [5.74, 6) is -0.668. The Morgan fingerprint density at radius 3 is 2.62 bits per heavy atom. The SMILES string of the molecule is Cc1sc(-c2ccco2)nc1C(=O)N(C)C1(C(=O)O)CCCCC1. The third-order valence-corrected chi connectivity index (χ3v) is 5.74. The molecule has 1 saturated carbocycles. The van der Waals surface area contributed by atoms with Crippen molar-refractivity contribution in [2.75, 3.05) is 7.05 Å². The highest BCUT2D eigenvalue weighted by molar-refractivity contribution is 7.15. The number of rotatable bonds is 4. The number of aliphatic carboxylic acids is 1. The quantitative estimate of drug-likeness (QED) is 0.913.